The first-order valence-corrected chi connectivity index (χ1v) is 5.68. The number of amides is 2. The third-order valence-corrected chi connectivity index (χ3v) is 2.43. The zero-order valence-corrected chi connectivity index (χ0v) is 11.1. The van der Waals surface area contributed by atoms with E-state index < -0.39 is 24.0 Å². The van der Waals surface area contributed by atoms with Crippen LogP contribution in [-0.4, -0.2) is 54.2 Å². The first-order chi connectivity index (χ1) is 8.33. The molecule has 2 amide bonds. The van der Waals surface area contributed by atoms with Crippen LogP contribution in [0.2, 0.25) is 0 Å². The number of aliphatic carboxylic acids is 1. The number of carboxylic acid groups (broad SMARTS) is 1. The van der Waals surface area contributed by atoms with Gasteiger partial charge in [-0.25, -0.2) is 9.59 Å². The minimum absolute atomic E-state index is 0.205. The molecule has 0 aromatic heterocycles. The van der Waals surface area contributed by atoms with Gasteiger partial charge in [-0.05, 0) is 12.8 Å². The Hall–Kier alpha value is -1.79. The molecule has 0 spiro atoms. The van der Waals surface area contributed by atoms with Crippen molar-refractivity contribution in [1.82, 2.24) is 10.2 Å². The van der Waals surface area contributed by atoms with Crippen LogP contribution in [0, 0.1) is 5.92 Å². The van der Waals surface area contributed by atoms with Crippen LogP contribution in [0.5, 0.6) is 0 Å². The highest BCUT2D eigenvalue weighted by molar-refractivity contribution is 5.85. The molecule has 0 saturated heterocycles. The van der Waals surface area contributed by atoms with Gasteiger partial charge in [-0.2, -0.15) is 0 Å². The zero-order chi connectivity index (χ0) is 14.3. The smallest absolute Gasteiger partial charge is 0.326 e. The van der Waals surface area contributed by atoms with Gasteiger partial charge in [0.05, 0.1) is 7.11 Å². The summed E-state index contributed by atoms with van der Waals surface area (Å²) in [5.74, 6) is -1.90. The Labute approximate surface area is 106 Å². The van der Waals surface area contributed by atoms with Crippen molar-refractivity contribution in [2.45, 2.75) is 26.8 Å². The number of ether oxygens (including phenoxy) is 1. The van der Waals surface area contributed by atoms with E-state index in [0.29, 0.717) is 0 Å². The minimum Gasteiger partial charge on any atom is -0.480 e. The van der Waals surface area contributed by atoms with E-state index in [-0.39, 0.29) is 19.0 Å². The predicted octanol–water partition coefficient (Wildman–Crippen LogP) is 0.300. The number of carbonyl (C=O) groups excluding carboxylic acids is 2. The topological polar surface area (TPSA) is 95.9 Å². The third-order valence-electron chi connectivity index (χ3n) is 2.43. The largest absolute Gasteiger partial charge is 0.480 e. The number of urea groups is 1. The van der Waals surface area contributed by atoms with E-state index in [4.69, 9.17) is 5.11 Å². The summed E-state index contributed by atoms with van der Waals surface area (Å²) in [5, 5.41) is 11.3. The fraction of sp³-hybridized carbons (Fsp3) is 0.727. The summed E-state index contributed by atoms with van der Waals surface area (Å²) < 4.78 is 4.46. The highest BCUT2D eigenvalue weighted by atomic mass is 16.5. The van der Waals surface area contributed by atoms with Crippen molar-refractivity contribution >= 4 is 18.0 Å². The summed E-state index contributed by atoms with van der Waals surface area (Å²) in [7, 11) is 1.22. The Morgan fingerprint density at radius 1 is 1.33 bits per heavy atom. The monoisotopic (exact) mass is 260 g/mol. The van der Waals surface area contributed by atoms with Gasteiger partial charge in [-0.1, -0.05) is 13.8 Å². The van der Waals surface area contributed by atoms with Crippen LogP contribution in [0.15, 0.2) is 0 Å². The standard InChI is InChI=1S/C11H20N2O5/c1-5-13(6-8(14)18-4)11(17)12-9(7(2)3)10(15)16/h7,9H,5-6H2,1-4H3,(H,12,17)(H,15,16)/t9-/m1/s1. The first kappa shape index (κ1) is 16.2. The van der Waals surface area contributed by atoms with Gasteiger partial charge in [0, 0.05) is 6.54 Å². The number of hydrogen-bond acceptors (Lipinski definition) is 4. The summed E-state index contributed by atoms with van der Waals surface area (Å²) in [6, 6.07) is -1.58. The number of nitrogens with one attached hydrogen (secondary N) is 1. The van der Waals surface area contributed by atoms with E-state index in [1.54, 1.807) is 20.8 Å². The van der Waals surface area contributed by atoms with Gasteiger partial charge in [0.2, 0.25) is 0 Å². The fourth-order valence-corrected chi connectivity index (χ4v) is 1.29. The molecule has 7 heteroatoms. The Balaban J connectivity index is 4.60. The average molecular weight is 260 g/mol. The number of carbonyl (C=O) groups is 3. The van der Waals surface area contributed by atoms with E-state index in [1.165, 1.54) is 12.0 Å². The molecule has 18 heavy (non-hydrogen) atoms. The van der Waals surface area contributed by atoms with Gasteiger partial charge in [-0.3, -0.25) is 4.79 Å². The van der Waals surface area contributed by atoms with Crippen molar-refractivity contribution in [3.05, 3.63) is 0 Å². The molecule has 0 rings (SSSR count). The molecule has 0 unspecified atom stereocenters. The fourth-order valence-electron chi connectivity index (χ4n) is 1.29. The van der Waals surface area contributed by atoms with Crippen LogP contribution < -0.4 is 5.32 Å². The van der Waals surface area contributed by atoms with Gasteiger partial charge >= 0.3 is 18.0 Å². The average Bonchev–Trinajstić information content (AvgIpc) is 2.31. The van der Waals surface area contributed by atoms with E-state index in [2.05, 4.69) is 10.1 Å². The molecule has 104 valence electrons. The molecule has 0 radical (unpaired) electrons. The number of esters is 1. The lowest BCUT2D eigenvalue weighted by Gasteiger charge is -2.24. The quantitative estimate of drug-likeness (QED) is 0.670. The van der Waals surface area contributed by atoms with Gasteiger partial charge in [0.25, 0.3) is 0 Å². The summed E-state index contributed by atoms with van der Waals surface area (Å²) in [6.07, 6.45) is 0. The minimum atomic E-state index is -1.10. The molecule has 0 aromatic carbocycles. The van der Waals surface area contributed by atoms with Gasteiger partial charge < -0.3 is 20.1 Å². The molecular weight excluding hydrogens is 240 g/mol. The van der Waals surface area contributed by atoms with Crippen molar-refractivity contribution in [2.24, 2.45) is 5.92 Å². The van der Waals surface area contributed by atoms with Gasteiger partial charge in [0.1, 0.15) is 12.6 Å². The predicted molar refractivity (Wildman–Crippen MR) is 64.1 cm³/mol. The molecule has 0 aliphatic carbocycles. The lowest BCUT2D eigenvalue weighted by molar-refractivity contribution is -0.141. The van der Waals surface area contributed by atoms with Crippen LogP contribution in [-0.2, 0) is 14.3 Å². The lowest BCUT2D eigenvalue weighted by Crippen LogP contribution is -2.51. The molecule has 2 N–H and O–H groups in total. The van der Waals surface area contributed by atoms with Crippen LogP contribution >= 0.6 is 0 Å². The van der Waals surface area contributed by atoms with Crippen LogP contribution in [0.4, 0.5) is 4.79 Å². The highest BCUT2D eigenvalue weighted by Gasteiger charge is 2.26. The first-order valence-electron chi connectivity index (χ1n) is 5.68. The van der Waals surface area contributed by atoms with E-state index in [9.17, 15) is 14.4 Å². The number of carboxylic acids is 1. The Kier molecular flexibility index (Phi) is 6.77. The molecule has 0 heterocycles. The van der Waals surface area contributed by atoms with E-state index in [0.717, 1.165) is 0 Å². The zero-order valence-electron chi connectivity index (χ0n) is 11.1. The van der Waals surface area contributed by atoms with Crippen LogP contribution in [0.25, 0.3) is 0 Å². The number of hydrogen-bond donors (Lipinski definition) is 2. The van der Waals surface area contributed by atoms with Crippen LogP contribution in [0.1, 0.15) is 20.8 Å². The number of likely N-dealkylation sites (N-methyl/N-ethyl adjacent to an activating group) is 1. The Bertz CT molecular complexity index is 317. The van der Waals surface area contributed by atoms with Crippen molar-refractivity contribution in [2.75, 3.05) is 20.2 Å². The number of methoxy groups -OCH3 is 1. The molecule has 0 saturated carbocycles. The van der Waals surface area contributed by atoms with Crippen molar-refractivity contribution in [3.63, 3.8) is 0 Å². The number of rotatable bonds is 6. The summed E-state index contributed by atoms with van der Waals surface area (Å²) in [5.41, 5.74) is 0. The van der Waals surface area contributed by atoms with Crippen LogP contribution in [0.3, 0.4) is 0 Å². The van der Waals surface area contributed by atoms with Gasteiger partial charge in [0.15, 0.2) is 0 Å². The second-order valence-corrected chi connectivity index (χ2v) is 4.10. The summed E-state index contributed by atoms with van der Waals surface area (Å²) in [4.78, 5) is 35.0. The molecule has 0 aromatic rings. The Morgan fingerprint density at radius 2 is 1.89 bits per heavy atom. The molecule has 0 aliphatic heterocycles. The van der Waals surface area contributed by atoms with Crippen molar-refractivity contribution in [1.29, 1.82) is 0 Å². The molecule has 7 nitrogen and oxygen atoms in total. The maximum absolute atomic E-state index is 11.8. The SMILES string of the molecule is CCN(CC(=O)OC)C(=O)N[C@@H](C(=O)O)C(C)C. The summed E-state index contributed by atoms with van der Waals surface area (Å²) >= 11 is 0. The second kappa shape index (κ2) is 7.52. The molecule has 0 fully saturated rings. The van der Waals surface area contributed by atoms with E-state index in [1.807, 2.05) is 0 Å². The molecule has 0 aliphatic rings. The highest BCUT2D eigenvalue weighted by Crippen LogP contribution is 2.03. The van der Waals surface area contributed by atoms with E-state index >= 15 is 0 Å². The third kappa shape index (κ3) is 5.03. The maximum atomic E-state index is 11.8. The molecule has 1 atom stereocenters. The lowest BCUT2D eigenvalue weighted by atomic mass is 10.1. The van der Waals surface area contributed by atoms with Crippen molar-refractivity contribution in [3.8, 4) is 0 Å². The maximum Gasteiger partial charge on any atom is 0.326 e. The normalized spacial score (nSPS) is 11.8. The number of nitrogens with zero attached hydrogens (tertiary/aromatic N) is 1. The summed E-state index contributed by atoms with van der Waals surface area (Å²) in [6.45, 7) is 5.15. The second-order valence-electron chi connectivity index (χ2n) is 4.10. The van der Waals surface area contributed by atoms with Gasteiger partial charge in [-0.15, -0.1) is 0 Å². The molecule has 0 bridgehead atoms. The van der Waals surface area contributed by atoms with Crippen molar-refractivity contribution < 1.29 is 24.2 Å². The molecular formula is C11H20N2O5. The Morgan fingerprint density at radius 3 is 2.22 bits per heavy atom.